The summed E-state index contributed by atoms with van der Waals surface area (Å²) in [5, 5.41) is 0. The van der Waals surface area contributed by atoms with Gasteiger partial charge in [-0.2, -0.15) is 0 Å². The normalized spacial score (nSPS) is 31.2. The molecule has 0 spiro atoms. The van der Waals surface area contributed by atoms with Gasteiger partial charge in [0.25, 0.3) is 0 Å². The van der Waals surface area contributed by atoms with Crippen molar-refractivity contribution in [3.8, 4) is 0 Å². The maximum atomic E-state index is 13.2. The van der Waals surface area contributed by atoms with Crippen LogP contribution >= 0.6 is 0 Å². The predicted octanol–water partition coefficient (Wildman–Crippen LogP) is 1.55. The van der Waals surface area contributed by atoms with Gasteiger partial charge >= 0.3 is 0 Å². The molecule has 1 saturated heterocycles. The van der Waals surface area contributed by atoms with Crippen LogP contribution in [-0.4, -0.2) is 36.2 Å². The molecule has 0 aromatic rings. The van der Waals surface area contributed by atoms with Crippen molar-refractivity contribution < 1.29 is 4.39 Å². The maximum Gasteiger partial charge on any atom is 0.114 e. The van der Waals surface area contributed by atoms with E-state index in [2.05, 4.69) is 18.7 Å². The topological polar surface area (TPSA) is 29.3 Å². The molecule has 78 valence electrons. The fourth-order valence-electron chi connectivity index (χ4n) is 2.21. The van der Waals surface area contributed by atoms with Crippen molar-refractivity contribution in [3.63, 3.8) is 0 Å². The van der Waals surface area contributed by atoms with E-state index in [4.69, 9.17) is 5.73 Å². The number of likely N-dealkylation sites (tertiary alicyclic amines) is 1. The van der Waals surface area contributed by atoms with Gasteiger partial charge in [0.05, 0.1) is 0 Å². The zero-order valence-corrected chi connectivity index (χ0v) is 8.67. The zero-order chi connectivity index (χ0) is 9.84. The summed E-state index contributed by atoms with van der Waals surface area (Å²) in [6, 6.07) is 0.550. The Bertz CT molecular complexity index is 138. The van der Waals surface area contributed by atoms with Crippen molar-refractivity contribution in [2.75, 3.05) is 13.1 Å². The summed E-state index contributed by atoms with van der Waals surface area (Å²) in [6.45, 7) is 5.76. The summed E-state index contributed by atoms with van der Waals surface area (Å²) in [5.41, 5.74) is 5.78. The van der Waals surface area contributed by atoms with Crippen LogP contribution in [0.5, 0.6) is 0 Å². The zero-order valence-electron chi connectivity index (χ0n) is 8.67. The molecule has 2 nitrogen and oxygen atoms in total. The second-order valence-electron chi connectivity index (χ2n) is 4.02. The highest BCUT2D eigenvalue weighted by atomic mass is 19.1. The molecule has 0 radical (unpaired) electrons. The van der Waals surface area contributed by atoms with Gasteiger partial charge in [-0.1, -0.05) is 13.8 Å². The Hall–Kier alpha value is -0.150. The first-order valence-corrected chi connectivity index (χ1v) is 5.31. The fourth-order valence-corrected chi connectivity index (χ4v) is 2.21. The van der Waals surface area contributed by atoms with Crippen LogP contribution in [0.1, 0.15) is 33.1 Å². The third-order valence-electron chi connectivity index (χ3n) is 2.92. The Morgan fingerprint density at radius 2 is 2.00 bits per heavy atom. The van der Waals surface area contributed by atoms with Crippen molar-refractivity contribution in [3.05, 3.63) is 0 Å². The molecule has 0 aromatic heterocycles. The van der Waals surface area contributed by atoms with Crippen LogP contribution < -0.4 is 5.73 Å². The minimum absolute atomic E-state index is 0.0318. The average Bonchev–Trinajstić information content (AvgIpc) is 2.04. The van der Waals surface area contributed by atoms with E-state index in [1.165, 1.54) is 0 Å². The predicted molar refractivity (Wildman–Crippen MR) is 53.4 cm³/mol. The smallest absolute Gasteiger partial charge is 0.114 e. The second kappa shape index (κ2) is 4.91. The van der Waals surface area contributed by atoms with Gasteiger partial charge in [0.15, 0.2) is 0 Å². The van der Waals surface area contributed by atoms with E-state index in [0.717, 1.165) is 19.4 Å². The third kappa shape index (κ3) is 2.92. The van der Waals surface area contributed by atoms with E-state index in [0.29, 0.717) is 19.0 Å². The molecule has 13 heavy (non-hydrogen) atoms. The van der Waals surface area contributed by atoms with Crippen molar-refractivity contribution in [1.29, 1.82) is 0 Å². The van der Waals surface area contributed by atoms with Gasteiger partial charge in [0.2, 0.25) is 0 Å². The first-order chi connectivity index (χ1) is 6.17. The maximum absolute atomic E-state index is 13.2. The number of hydrogen-bond donors (Lipinski definition) is 1. The number of rotatable bonds is 3. The molecule has 0 amide bonds. The lowest BCUT2D eigenvalue weighted by Crippen LogP contribution is -2.51. The van der Waals surface area contributed by atoms with Gasteiger partial charge in [-0.05, 0) is 19.3 Å². The monoisotopic (exact) mass is 188 g/mol. The fraction of sp³-hybridized carbons (Fsp3) is 1.00. The molecule has 2 atom stereocenters. The van der Waals surface area contributed by atoms with Gasteiger partial charge in [0, 0.05) is 25.2 Å². The Morgan fingerprint density at radius 3 is 2.46 bits per heavy atom. The van der Waals surface area contributed by atoms with Crippen LogP contribution in [0.4, 0.5) is 4.39 Å². The van der Waals surface area contributed by atoms with Gasteiger partial charge in [-0.3, -0.25) is 4.90 Å². The van der Waals surface area contributed by atoms with Crippen LogP contribution in [0.3, 0.4) is 0 Å². The third-order valence-corrected chi connectivity index (χ3v) is 2.92. The van der Waals surface area contributed by atoms with Crippen molar-refractivity contribution in [2.24, 2.45) is 5.73 Å². The Balaban J connectivity index is 2.48. The second-order valence-corrected chi connectivity index (χ2v) is 4.02. The van der Waals surface area contributed by atoms with Gasteiger partial charge < -0.3 is 5.73 Å². The summed E-state index contributed by atoms with van der Waals surface area (Å²) in [6.07, 6.45) is 2.01. The summed E-state index contributed by atoms with van der Waals surface area (Å²) in [7, 11) is 0. The van der Waals surface area contributed by atoms with Gasteiger partial charge in [-0.25, -0.2) is 4.39 Å². The van der Waals surface area contributed by atoms with E-state index in [1.807, 2.05) is 0 Å². The standard InChI is InChI=1S/C10H21FN2/c1-3-10(4-2)13-6-8(11)5-9(12)7-13/h8-10H,3-7,12H2,1-2H3/t8-,9+/m0/s1. The van der Waals surface area contributed by atoms with Crippen LogP contribution in [0.15, 0.2) is 0 Å². The molecule has 1 heterocycles. The lowest BCUT2D eigenvalue weighted by atomic mass is 10.0. The van der Waals surface area contributed by atoms with E-state index in [1.54, 1.807) is 0 Å². The first-order valence-electron chi connectivity index (χ1n) is 5.31. The van der Waals surface area contributed by atoms with Crippen LogP contribution in [0, 0.1) is 0 Å². The molecule has 3 heteroatoms. The molecule has 0 bridgehead atoms. The average molecular weight is 188 g/mol. The number of alkyl halides is 1. The highest BCUT2D eigenvalue weighted by Gasteiger charge is 2.27. The number of nitrogens with two attached hydrogens (primary N) is 1. The van der Waals surface area contributed by atoms with E-state index in [9.17, 15) is 4.39 Å². The van der Waals surface area contributed by atoms with E-state index < -0.39 is 6.17 Å². The lowest BCUT2D eigenvalue weighted by Gasteiger charge is -2.37. The quantitative estimate of drug-likeness (QED) is 0.728. The van der Waals surface area contributed by atoms with Crippen LogP contribution in [0.25, 0.3) is 0 Å². The number of piperidine rings is 1. The van der Waals surface area contributed by atoms with Crippen molar-refractivity contribution in [2.45, 2.75) is 51.4 Å². The summed E-state index contributed by atoms with van der Waals surface area (Å²) in [5.74, 6) is 0. The van der Waals surface area contributed by atoms with E-state index >= 15 is 0 Å². The molecule has 1 rings (SSSR count). The molecular weight excluding hydrogens is 167 g/mol. The van der Waals surface area contributed by atoms with Crippen LogP contribution in [0.2, 0.25) is 0 Å². The van der Waals surface area contributed by atoms with E-state index in [-0.39, 0.29) is 6.04 Å². The molecule has 0 saturated carbocycles. The molecule has 0 aromatic carbocycles. The largest absolute Gasteiger partial charge is 0.326 e. The van der Waals surface area contributed by atoms with Gasteiger partial charge in [-0.15, -0.1) is 0 Å². The molecule has 1 aliphatic heterocycles. The number of halogens is 1. The Morgan fingerprint density at radius 1 is 1.38 bits per heavy atom. The molecule has 1 aliphatic rings. The van der Waals surface area contributed by atoms with Crippen molar-refractivity contribution >= 4 is 0 Å². The van der Waals surface area contributed by atoms with Crippen LogP contribution in [-0.2, 0) is 0 Å². The molecular formula is C10H21FN2. The Labute approximate surface area is 80.3 Å². The highest BCUT2D eigenvalue weighted by molar-refractivity contribution is 4.84. The number of hydrogen-bond acceptors (Lipinski definition) is 2. The Kier molecular flexibility index (Phi) is 4.13. The lowest BCUT2D eigenvalue weighted by molar-refractivity contribution is 0.0823. The molecule has 0 unspecified atom stereocenters. The summed E-state index contributed by atoms with van der Waals surface area (Å²) < 4.78 is 13.2. The highest BCUT2D eigenvalue weighted by Crippen LogP contribution is 2.18. The number of nitrogens with zero attached hydrogens (tertiary/aromatic N) is 1. The molecule has 2 N–H and O–H groups in total. The summed E-state index contributed by atoms with van der Waals surface area (Å²) in [4.78, 5) is 2.21. The molecule has 0 aliphatic carbocycles. The first kappa shape index (κ1) is 10.9. The minimum atomic E-state index is -0.718. The molecule has 1 fully saturated rings. The van der Waals surface area contributed by atoms with Gasteiger partial charge in [0.1, 0.15) is 6.17 Å². The summed E-state index contributed by atoms with van der Waals surface area (Å²) >= 11 is 0. The minimum Gasteiger partial charge on any atom is -0.326 e. The van der Waals surface area contributed by atoms with Crippen molar-refractivity contribution in [1.82, 2.24) is 4.90 Å². The SMILES string of the molecule is CCC(CC)N1C[C@H](N)C[C@H](F)C1.